The molecule has 56 heavy (non-hydrogen) atoms. The Hall–Kier alpha value is -7.21. The van der Waals surface area contributed by atoms with Crippen molar-refractivity contribution in [2.75, 3.05) is 0 Å². The number of hydrogen-bond donors (Lipinski definition) is 0. The topological polar surface area (TPSA) is 43.6 Å². The molecule has 0 aliphatic rings. The van der Waals surface area contributed by atoms with Gasteiger partial charge in [0.2, 0.25) is 0 Å². The van der Waals surface area contributed by atoms with Crippen molar-refractivity contribution in [3.63, 3.8) is 0 Å². The highest BCUT2D eigenvalue weighted by Gasteiger charge is 2.41. The predicted molar refractivity (Wildman–Crippen MR) is 234 cm³/mol. The molecule has 0 bridgehead atoms. The van der Waals surface area contributed by atoms with E-state index in [-0.39, 0.29) is 0 Å². The van der Waals surface area contributed by atoms with Gasteiger partial charge in [0.05, 0.1) is 11.0 Å². The highest BCUT2D eigenvalue weighted by molar-refractivity contribution is 7.19. The summed E-state index contributed by atoms with van der Waals surface area (Å²) in [6.45, 7) is 0. The third-order valence-corrected chi connectivity index (χ3v) is 15.6. The monoisotopic (exact) mass is 732 g/mol. The van der Waals surface area contributed by atoms with Crippen LogP contribution in [0.25, 0.3) is 61.7 Å². The van der Waals surface area contributed by atoms with E-state index in [1.54, 1.807) is 0 Å². The van der Waals surface area contributed by atoms with Gasteiger partial charge in [-0.3, -0.25) is 0 Å². The quantitative estimate of drug-likeness (QED) is 0.116. The van der Waals surface area contributed by atoms with Crippen LogP contribution in [0.1, 0.15) is 0 Å². The third-order valence-electron chi connectivity index (χ3n) is 10.8. The third kappa shape index (κ3) is 5.73. The molecule has 0 N–H and O–H groups in total. The van der Waals surface area contributed by atoms with E-state index in [1.165, 1.54) is 42.6 Å². The van der Waals surface area contributed by atoms with Crippen LogP contribution in [0.3, 0.4) is 0 Å². The van der Waals surface area contributed by atoms with E-state index in [4.69, 9.17) is 15.0 Å². The maximum absolute atomic E-state index is 5.22. The molecule has 0 amide bonds. The van der Waals surface area contributed by atoms with Gasteiger partial charge in [-0.05, 0) is 57.1 Å². The lowest BCUT2D eigenvalue weighted by Crippen LogP contribution is -2.74. The number of para-hydroxylation sites is 2. The normalized spacial score (nSPS) is 11.6. The largest absolute Gasteiger partial charge is 0.309 e. The van der Waals surface area contributed by atoms with Crippen LogP contribution >= 0.6 is 0 Å². The van der Waals surface area contributed by atoms with Gasteiger partial charge in [-0.2, -0.15) is 0 Å². The fraction of sp³-hybridized carbons (Fsp3) is 0. The molecular weight excluding hydrogens is 697 g/mol. The Bertz CT molecular complexity index is 2800. The molecule has 10 rings (SSSR count). The van der Waals surface area contributed by atoms with Crippen molar-refractivity contribution in [3.8, 4) is 39.9 Å². The Labute approximate surface area is 327 Å². The SMILES string of the molecule is c1ccc(-c2nc(-c3ccc(-n4c5ccccc5c5ccccc54)cc3)nc(-c3cccc([Si](c4ccccc4)(c4ccccc4)c4ccccc4)c3)n2)cc1. The molecule has 0 saturated carbocycles. The van der Waals surface area contributed by atoms with Crippen LogP contribution in [0.5, 0.6) is 0 Å². The first kappa shape index (κ1) is 33.4. The molecule has 10 aromatic rings. The lowest BCUT2D eigenvalue weighted by molar-refractivity contribution is 1.07. The number of fused-ring (bicyclic) bond motifs is 3. The molecule has 264 valence electrons. The maximum atomic E-state index is 5.22. The maximum Gasteiger partial charge on any atom is 0.179 e. The molecule has 0 saturated heterocycles. The van der Waals surface area contributed by atoms with Gasteiger partial charge in [-0.1, -0.05) is 182 Å². The van der Waals surface area contributed by atoms with Crippen molar-refractivity contribution in [1.82, 2.24) is 19.5 Å². The molecule has 2 aromatic heterocycles. The first-order valence-electron chi connectivity index (χ1n) is 19.0. The Morgan fingerprint density at radius 2 is 0.679 bits per heavy atom. The standard InChI is InChI=1S/C51H36N4Si/c1-5-18-37(19-6-1)49-52-50(38-32-34-40(35-33-38)55-47-30-15-13-28-45(47)46-29-14-16-31-48(46)55)54-51(53-49)39-20-17-27-44(36-39)56(41-21-7-2-8-22-41,42-23-9-3-10-24-42)43-25-11-4-12-26-43/h1-36H. The van der Waals surface area contributed by atoms with Crippen LogP contribution in [-0.2, 0) is 0 Å². The van der Waals surface area contributed by atoms with Crippen molar-refractivity contribution in [2.45, 2.75) is 0 Å². The van der Waals surface area contributed by atoms with Crippen LogP contribution in [0.2, 0.25) is 0 Å². The van der Waals surface area contributed by atoms with Gasteiger partial charge in [0.25, 0.3) is 0 Å². The fourth-order valence-electron chi connectivity index (χ4n) is 8.27. The van der Waals surface area contributed by atoms with E-state index in [2.05, 4.69) is 205 Å². The molecule has 0 aliphatic heterocycles. The summed E-state index contributed by atoms with van der Waals surface area (Å²) in [5.74, 6) is 1.91. The summed E-state index contributed by atoms with van der Waals surface area (Å²) in [6.07, 6.45) is 0. The fourth-order valence-corrected chi connectivity index (χ4v) is 13.1. The van der Waals surface area contributed by atoms with E-state index in [9.17, 15) is 0 Å². The predicted octanol–water partition coefficient (Wildman–Crippen LogP) is 9.35. The van der Waals surface area contributed by atoms with Gasteiger partial charge < -0.3 is 4.57 Å². The van der Waals surface area contributed by atoms with Crippen LogP contribution in [-0.4, -0.2) is 27.6 Å². The van der Waals surface area contributed by atoms with Gasteiger partial charge in [0.15, 0.2) is 25.5 Å². The summed E-state index contributed by atoms with van der Waals surface area (Å²) in [5, 5.41) is 7.70. The zero-order chi connectivity index (χ0) is 37.3. The number of rotatable bonds is 8. The molecule has 5 heteroatoms. The number of hydrogen-bond acceptors (Lipinski definition) is 3. The summed E-state index contributed by atoms with van der Waals surface area (Å²) in [6, 6.07) is 77.8. The van der Waals surface area contributed by atoms with Crippen molar-refractivity contribution in [2.24, 2.45) is 0 Å². The van der Waals surface area contributed by atoms with Crippen molar-refractivity contribution < 1.29 is 0 Å². The molecule has 0 spiro atoms. The van der Waals surface area contributed by atoms with Crippen molar-refractivity contribution in [1.29, 1.82) is 0 Å². The van der Waals surface area contributed by atoms with Crippen LogP contribution in [0.4, 0.5) is 0 Å². The highest BCUT2D eigenvalue weighted by atomic mass is 28.3. The summed E-state index contributed by atoms with van der Waals surface area (Å²) < 4.78 is 2.33. The minimum atomic E-state index is -2.76. The Morgan fingerprint density at radius 3 is 1.18 bits per heavy atom. The zero-order valence-electron chi connectivity index (χ0n) is 30.6. The minimum Gasteiger partial charge on any atom is -0.309 e. The Kier molecular flexibility index (Phi) is 8.47. The van der Waals surface area contributed by atoms with E-state index in [1.807, 2.05) is 18.2 Å². The number of benzene rings is 8. The van der Waals surface area contributed by atoms with Gasteiger partial charge in [0.1, 0.15) is 0 Å². The minimum absolute atomic E-state index is 0.630. The van der Waals surface area contributed by atoms with Gasteiger partial charge in [-0.25, -0.2) is 15.0 Å². The molecule has 0 atom stereocenters. The van der Waals surface area contributed by atoms with Gasteiger partial charge in [-0.15, -0.1) is 0 Å². The number of aromatic nitrogens is 4. The second kappa shape index (κ2) is 14.2. The summed E-state index contributed by atoms with van der Waals surface area (Å²) in [7, 11) is -2.76. The molecular formula is C51H36N4Si. The van der Waals surface area contributed by atoms with Crippen molar-refractivity contribution >= 4 is 50.6 Å². The summed E-state index contributed by atoms with van der Waals surface area (Å²) >= 11 is 0. The summed E-state index contributed by atoms with van der Waals surface area (Å²) in [5.41, 5.74) is 6.25. The second-order valence-corrected chi connectivity index (χ2v) is 17.8. The van der Waals surface area contributed by atoms with Crippen LogP contribution in [0, 0.1) is 0 Å². The average molecular weight is 733 g/mol. The zero-order valence-corrected chi connectivity index (χ0v) is 31.6. The van der Waals surface area contributed by atoms with E-state index < -0.39 is 8.07 Å². The van der Waals surface area contributed by atoms with Gasteiger partial charge >= 0.3 is 0 Å². The molecule has 8 aromatic carbocycles. The van der Waals surface area contributed by atoms with Crippen LogP contribution in [0.15, 0.2) is 218 Å². The van der Waals surface area contributed by atoms with E-state index in [0.29, 0.717) is 17.5 Å². The Morgan fingerprint density at radius 1 is 0.304 bits per heavy atom. The van der Waals surface area contributed by atoms with Gasteiger partial charge in [0, 0.05) is 33.2 Å². The molecule has 0 fully saturated rings. The van der Waals surface area contributed by atoms with E-state index >= 15 is 0 Å². The van der Waals surface area contributed by atoms with E-state index in [0.717, 1.165) is 22.4 Å². The molecule has 2 heterocycles. The summed E-state index contributed by atoms with van der Waals surface area (Å²) in [4.78, 5) is 15.5. The molecule has 0 unspecified atom stereocenters. The lowest BCUT2D eigenvalue weighted by atomic mass is 10.1. The first-order valence-corrected chi connectivity index (χ1v) is 21.0. The first-order chi connectivity index (χ1) is 27.8. The molecule has 0 radical (unpaired) electrons. The molecule has 4 nitrogen and oxygen atoms in total. The lowest BCUT2D eigenvalue weighted by Gasteiger charge is -2.34. The van der Waals surface area contributed by atoms with Crippen LogP contribution < -0.4 is 20.7 Å². The molecule has 0 aliphatic carbocycles. The number of nitrogens with zero attached hydrogens (tertiary/aromatic N) is 4. The Balaban J connectivity index is 1.14. The highest BCUT2D eigenvalue weighted by Crippen LogP contribution is 2.33. The van der Waals surface area contributed by atoms with Crippen molar-refractivity contribution in [3.05, 3.63) is 218 Å². The second-order valence-electron chi connectivity index (χ2n) is 14.0. The smallest absolute Gasteiger partial charge is 0.179 e. The average Bonchev–Trinajstić information content (AvgIpc) is 3.62.